The van der Waals surface area contributed by atoms with Crippen LogP contribution >= 0.6 is 27.5 Å². The van der Waals surface area contributed by atoms with Crippen molar-refractivity contribution in [1.82, 2.24) is 9.66 Å². The predicted molar refractivity (Wildman–Crippen MR) is 120 cm³/mol. The van der Waals surface area contributed by atoms with Gasteiger partial charge >= 0.3 is 0 Å². The molecule has 0 aliphatic heterocycles. The maximum Gasteiger partial charge on any atom is 0.282 e. The lowest BCUT2D eigenvalue weighted by Crippen LogP contribution is -2.22. The van der Waals surface area contributed by atoms with Crippen molar-refractivity contribution < 1.29 is 9.47 Å². The zero-order chi connectivity index (χ0) is 21.0. The van der Waals surface area contributed by atoms with Crippen LogP contribution in [0.3, 0.4) is 0 Å². The standard InChI is InChI=1S/C21H21BrClN3O3/c1-4-6-19-25-17-8-7-14(22)11-15(17)21(27)26(19)24-12-13-9-16(23)20(29-5-2)18(10-13)28-3/h7-12H,4-6H2,1-3H3. The molecule has 0 spiro atoms. The Morgan fingerprint density at radius 2 is 2.07 bits per heavy atom. The number of benzene rings is 2. The lowest BCUT2D eigenvalue weighted by Gasteiger charge is -2.12. The monoisotopic (exact) mass is 477 g/mol. The molecule has 0 N–H and O–H groups in total. The van der Waals surface area contributed by atoms with Gasteiger partial charge in [-0.05, 0) is 49.2 Å². The van der Waals surface area contributed by atoms with Crippen LogP contribution in [0.5, 0.6) is 11.5 Å². The Morgan fingerprint density at radius 3 is 2.76 bits per heavy atom. The zero-order valence-electron chi connectivity index (χ0n) is 16.4. The van der Waals surface area contributed by atoms with Crippen LogP contribution in [0, 0.1) is 0 Å². The molecule has 2 aromatic carbocycles. The molecule has 0 aliphatic rings. The first-order valence-electron chi connectivity index (χ1n) is 9.24. The minimum Gasteiger partial charge on any atom is -0.493 e. The molecular weight excluding hydrogens is 458 g/mol. The molecule has 0 amide bonds. The Hall–Kier alpha value is -2.38. The van der Waals surface area contributed by atoms with Crippen LogP contribution in [0.25, 0.3) is 10.9 Å². The Balaban J connectivity index is 2.10. The molecule has 0 bridgehead atoms. The first-order valence-corrected chi connectivity index (χ1v) is 10.4. The summed E-state index contributed by atoms with van der Waals surface area (Å²) in [6, 6.07) is 8.92. The van der Waals surface area contributed by atoms with Gasteiger partial charge in [-0.15, -0.1) is 0 Å². The number of hydrogen-bond donors (Lipinski definition) is 0. The van der Waals surface area contributed by atoms with Gasteiger partial charge in [0, 0.05) is 10.9 Å². The summed E-state index contributed by atoms with van der Waals surface area (Å²) >= 11 is 9.73. The molecule has 0 saturated carbocycles. The molecule has 152 valence electrons. The molecule has 0 radical (unpaired) electrons. The van der Waals surface area contributed by atoms with E-state index in [1.165, 1.54) is 4.68 Å². The van der Waals surface area contributed by atoms with Crippen molar-refractivity contribution in [2.45, 2.75) is 26.7 Å². The SMILES string of the molecule is CCCc1nc2ccc(Br)cc2c(=O)n1N=Cc1cc(Cl)c(OCC)c(OC)c1. The van der Waals surface area contributed by atoms with Gasteiger partial charge in [0.15, 0.2) is 11.5 Å². The van der Waals surface area contributed by atoms with Crippen LogP contribution in [0.2, 0.25) is 5.02 Å². The van der Waals surface area contributed by atoms with E-state index >= 15 is 0 Å². The van der Waals surface area contributed by atoms with Gasteiger partial charge in [-0.25, -0.2) is 4.98 Å². The average Bonchev–Trinajstić information content (AvgIpc) is 2.70. The van der Waals surface area contributed by atoms with Gasteiger partial charge in [0.1, 0.15) is 5.82 Å². The molecule has 0 unspecified atom stereocenters. The lowest BCUT2D eigenvalue weighted by molar-refractivity contribution is 0.311. The van der Waals surface area contributed by atoms with Gasteiger partial charge < -0.3 is 9.47 Å². The van der Waals surface area contributed by atoms with Gasteiger partial charge in [-0.3, -0.25) is 4.79 Å². The van der Waals surface area contributed by atoms with Crippen LogP contribution in [-0.2, 0) is 6.42 Å². The second kappa shape index (κ2) is 9.41. The van der Waals surface area contributed by atoms with Crippen molar-refractivity contribution >= 4 is 44.6 Å². The van der Waals surface area contributed by atoms with E-state index in [4.69, 9.17) is 21.1 Å². The van der Waals surface area contributed by atoms with Gasteiger partial charge in [0.25, 0.3) is 5.56 Å². The topological polar surface area (TPSA) is 65.7 Å². The lowest BCUT2D eigenvalue weighted by atomic mass is 10.2. The maximum absolute atomic E-state index is 13.0. The highest BCUT2D eigenvalue weighted by molar-refractivity contribution is 9.10. The summed E-state index contributed by atoms with van der Waals surface area (Å²) in [6.07, 6.45) is 3.04. The maximum atomic E-state index is 13.0. The molecule has 6 nitrogen and oxygen atoms in total. The first-order chi connectivity index (χ1) is 14.0. The summed E-state index contributed by atoms with van der Waals surface area (Å²) in [5.41, 5.74) is 1.11. The number of hydrogen-bond acceptors (Lipinski definition) is 5. The third-order valence-corrected chi connectivity index (χ3v) is 4.99. The summed E-state index contributed by atoms with van der Waals surface area (Å²) in [6.45, 7) is 4.37. The fourth-order valence-electron chi connectivity index (χ4n) is 2.92. The minimum atomic E-state index is -0.222. The Morgan fingerprint density at radius 1 is 1.28 bits per heavy atom. The van der Waals surface area contributed by atoms with E-state index in [9.17, 15) is 4.79 Å². The Kier molecular flexibility index (Phi) is 6.92. The highest BCUT2D eigenvalue weighted by atomic mass is 79.9. The number of methoxy groups -OCH3 is 1. The number of rotatable bonds is 7. The predicted octanol–water partition coefficient (Wildman–Crippen LogP) is 5.05. The Labute approximate surface area is 182 Å². The first kappa shape index (κ1) is 21.3. The molecular formula is C21H21BrClN3O3. The second-order valence-electron chi connectivity index (χ2n) is 6.27. The van der Waals surface area contributed by atoms with E-state index in [0.717, 1.165) is 10.9 Å². The van der Waals surface area contributed by atoms with Crippen LogP contribution in [0.4, 0.5) is 0 Å². The van der Waals surface area contributed by atoms with Gasteiger partial charge in [0.2, 0.25) is 0 Å². The van der Waals surface area contributed by atoms with Crippen LogP contribution < -0.4 is 15.0 Å². The Bertz CT molecular complexity index is 1130. The quantitative estimate of drug-likeness (QED) is 0.446. The molecule has 0 fully saturated rings. The van der Waals surface area contributed by atoms with Crippen LogP contribution in [0.1, 0.15) is 31.7 Å². The summed E-state index contributed by atoms with van der Waals surface area (Å²) in [5.74, 6) is 1.59. The molecule has 3 aromatic rings. The zero-order valence-corrected chi connectivity index (χ0v) is 18.7. The normalized spacial score (nSPS) is 11.3. The van der Waals surface area contributed by atoms with Crippen molar-refractivity contribution in [3.8, 4) is 11.5 Å². The summed E-state index contributed by atoms with van der Waals surface area (Å²) < 4.78 is 13.1. The van der Waals surface area contributed by atoms with Crippen LogP contribution in [-0.4, -0.2) is 29.6 Å². The molecule has 0 saturated heterocycles. The van der Waals surface area contributed by atoms with E-state index in [-0.39, 0.29) is 5.56 Å². The summed E-state index contributed by atoms with van der Waals surface area (Å²) in [5, 5.41) is 5.32. The molecule has 0 atom stereocenters. The number of aromatic nitrogens is 2. The molecule has 3 rings (SSSR count). The largest absolute Gasteiger partial charge is 0.493 e. The fraction of sp³-hybridized carbons (Fsp3) is 0.286. The molecule has 1 heterocycles. The smallest absolute Gasteiger partial charge is 0.282 e. The van der Waals surface area contributed by atoms with E-state index in [1.807, 2.05) is 26.0 Å². The van der Waals surface area contributed by atoms with Crippen molar-refractivity contribution in [2.24, 2.45) is 5.10 Å². The third-order valence-electron chi connectivity index (χ3n) is 4.21. The van der Waals surface area contributed by atoms with E-state index in [2.05, 4.69) is 26.0 Å². The minimum absolute atomic E-state index is 0.222. The molecule has 8 heteroatoms. The summed E-state index contributed by atoms with van der Waals surface area (Å²) in [7, 11) is 1.55. The molecule has 0 aliphatic carbocycles. The van der Waals surface area contributed by atoms with Crippen LogP contribution in [0.15, 0.2) is 44.7 Å². The molecule has 1 aromatic heterocycles. The number of fused-ring (bicyclic) bond motifs is 1. The number of aryl methyl sites for hydroxylation is 1. The van der Waals surface area contributed by atoms with Gasteiger partial charge in [0.05, 0.1) is 35.9 Å². The number of ether oxygens (including phenoxy) is 2. The van der Waals surface area contributed by atoms with E-state index in [1.54, 1.807) is 31.5 Å². The molecule has 29 heavy (non-hydrogen) atoms. The van der Waals surface area contributed by atoms with Gasteiger partial charge in [-0.1, -0.05) is 34.5 Å². The van der Waals surface area contributed by atoms with Crippen molar-refractivity contribution in [2.75, 3.05) is 13.7 Å². The van der Waals surface area contributed by atoms with Crippen molar-refractivity contribution in [3.05, 3.63) is 61.6 Å². The number of halogens is 2. The third kappa shape index (κ3) is 4.62. The second-order valence-corrected chi connectivity index (χ2v) is 7.59. The highest BCUT2D eigenvalue weighted by Gasteiger charge is 2.13. The summed E-state index contributed by atoms with van der Waals surface area (Å²) in [4.78, 5) is 17.7. The van der Waals surface area contributed by atoms with Crippen molar-refractivity contribution in [1.29, 1.82) is 0 Å². The van der Waals surface area contributed by atoms with Crippen molar-refractivity contribution in [3.63, 3.8) is 0 Å². The fourth-order valence-corrected chi connectivity index (χ4v) is 3.56. The average molecular weight is 479 g/mol. The highest BCUT2D eigenvalue weighted by Crippen LogP contribution is 2.36. The van der Waals surface area contributed by atoms with E-state index in [0.29, 0.717) is 51.8 Å². The van der Waals surface area contributed by atoms with Gasteiger partial charge in [-0.2, -0.15) is 9.78 Å². The van der Waals surface area contributed by atoms with E-state index < -0.39 is 0 Å². The number of nitrogens with zero attached hydrogens (tertiary/aromatic N) is 3.